The first-order valence-corrected chi connectivity index (χ1v) is 22.7. The molecule has 0 spiro atoms. The van der Waals surface area contributed by atoms with Gasteiger partial charge in [0.05, 0.1) is 6.42 Å². The fourth-order valence-electron chi connectivity index (χ4n) is 9.47. The van der Waals surface area contributed by atoms with Gasteiger partial charge >= 0.3 is 0 Å². The molecular weight excluding hydrogens is 710 g/mol. The number of rotatable bonds is 8. The van der Waals surface area contributed by atoms with E-state index in [9.17, 15) is 0 Å². The van der Waals surface area contributed by atoms with Crippen LogP contribution in [0.25, 0.3) is 11.1 Å². The fourth-order valence-corrected chi connectivity index (χ4v) is 24.5. The number of hydrogen-bond donors (Lipinski definition) is 0. The zero-order valence-corrected chi connectivity index (χ0v) is 32.5. The highest BCUT2D eigenvalue weighted by Gasteiger charge is 2.82. The van der Waals surface area contributed by atoms with E-state index in [1.165, 1.54) is 54.1 Å². The van der Waals surface area contributed by atoms with Gasteiger partial charge in [-0.1, -0.05) is 158 Å². The number of alkyl halides is 1. The summed E-state index contributed by atoms with van der Waals surface area (Å²) in [5.41, 5.74) is 4.99. The zero-order chi connectivity index (χ0) is 36.4. The average molecular weight is 751 g/mol. The zero-order valence-electron chi connectivity index (χ0n) is 30.0. The minimum atomic E-state index is -2.86. The molecule has 260 valence electrons. The Morgan fingerprint density at radius 1 is 0.333 bits per heavy atom. The van der Waals surface area contributed by atoms with Gasteiger partial charge in [-0.3, -0.25) is 0 Å². The van der Waals surface area contributed by atoms with Crippen molar-refractivity contribution in [2.75, 3.05) is 0 Å². The average Bonchev–Trinajstić information content (AvgIpc) is 3.37. The molecule has 0 saturated heterocycles. The van der Waals surface area contributed by atoms with Crippen LogP contribution in [0.1, 0.15) is 16.5 Å². The number of hydrogen-bond acceptors (Lipinski definition) is 0. The van der Waals surface area contributed by atoms with Crippen LogP contribution >= 0.6 is 26.1 Å². The molecule has 3 heteroatoms. The van der Waals surface area contributed by atoms with E-state index in [0.717, 1.165) is 6.42 Å². The topological polar surface area (TPSA) is 0 Å². The predicted molar refractivity (Wildman–Crippen MR) is 237 cm³/mol. The molecule has 9 rings (SSSR count). The molecule has 0 N–H and O–H groups in total. The second kappa shape index (κ2) is 14.6. The first kappa shape index (κ1) is 34.7. The Bertz CT molecular complexity index is 2150. The van der Waals surface area contributed by atoms with Gasteiger partial charge in [-0.2, -0.15) is 0 Å². The summed E-state index contributed by atoms with van der Waals surface area (Å²) in [6.07, 6.45) is 0.755. The lowest BCUT2D eigenvalue weighted by molar-refractivity contribution is 0.745. The van der Waals surface area contributed by atoms with Crippen molar-refractivity contribution in [2.24, 2.45) is 0 Å². The molecule has 8 aromatic carbocycles. The van der Waals surface area contributed by atoms with Crippen molar-refractivity contribution in [2.45, 2.75) is 16.7 Å². The van der Waals surface area contributed by atoms with Gasteiger partial charge in [0, 0.05) is 0 Å². The fraction of sp³-hybridized carbons (Fsp3) is 0.0588. The Hall–Kier alpha value is -5.09. The second-order valence-electron chi connectivity index (χ2n) is 14.0. The van der Waals surface area contributed by atoms with Crippen molar-refractivity contribution in [1.82, 2.24) is 0 Å². The van der Waals surface area contributed by atoms with Crippen LogP contribution in [-0.2, 0) is 6.42 Å². The highest BCUT2D eigenvalue weighted by atomic mass is 35.5. The lowest BCUT2D eigenvalue weighted by atomic mass is 9.97. The Balaban J connectivity index is 1.64. The molecule has 0 saturated carbocycles. The van der Waals surface area contributed by atoms with E-state index in [-0.39, 0.29) is 0 Å². The van der Waals surface area contributed by atoms with Crippen molar-refractivity contribution in [1.29, 1.82) is 0 Å². The summed E-state index contributed by atoms with van der Waals surface area (Å²) in [5, 5.41) is 7.56. The lowest BCUT2D eigenvalue weighted by Crippen LogP contribution is -2.58. The van der Waals surface area contributed by atoms with E-state index in [0.29, 0.717) is 0 Å². The van der Waals surface area contributed by atoms with Crippen LogP contribution in [0.5, 0.6) is 0 Å². The van der Waals surface area contributed by atoms with Gasteiger partial charge < -0.3 is 0 Å². The summed E-state index contributed by atoms with van der Waals surface area (Å²) < 4.78 is 0. The summed E-state index contributed by atoms with van der Waals surface area (Å²) in [4.78, 5) is -0.654. The van der Waals surface area contributed by atoms with Gasteiger partial charge in [-0.25, -0.2) is 0 Å². The van der Waals surface area contributed by atoms with Crippen molar-refractivity contribution < 1.29 is 0 Å². The van der Waals surface area contributed by atoms with Crippen molar-refractivity contribution >= 4 is 58.0 Å². The van der Waals surface area contributed by atoms with E-state index in [4.69, 9.17) is 11.6 Å². The third kappa shape index (κ3) is 5.20. The molecule has 0 nitrogen and oxygen atoms in total. The summed E-state index contributed by atoms with van der Waals surface area (Å²) in [5.74, 6) is 0. The molecule has 1 aliphatic rings. The summed E-state index contributed by atoms with van der Waals surface area (Å²) >= 11 is 8.89. The molecule has 1 atom stereocenters. The molecule has 1 unspecified atom stereocenters. The third-order valence-corrected chi connectivity index (χ3v) is 23.7. The van der Waals surface area contributed by atoms with Crippen LogP contribution < -0.4 is 31.8 Å². The Kier molecular flexibility index (Phi) is 9.39. The highest BCUT2D eigenvalue weighted by molar-refractivity contribution is 8.12. The molecule has 54 heavy (non-hydrogen) atoms. The molecular formula is C51H41ClP2+2. The van der Waals surface area contributed by atoms with Crippen LogP contribution in [0, 0.1) is 0 Å². The van der Waals surface area contributed by atoms with Gasteiger partial charge in [0.15, 0.2) is 14.5 Å². The summed E-state index contributed by atoms with van der Waals surface area (Å²) in [6, 6.07) is 86.6. The van der Waals surface area contributed by atoms with E-state index in [1.807, 2.05) is 0 Å². The minimum absolute atomic E-state index is 0.427. The smallest absolute Gasteiger partial charge is 0.109 e. The standard InChI is InChI=1S/C51H41ClP2/c52-50-49-38-22-21-37-48(49)47-36-20-19-23-40(47)39-51(50,53(41-24-7-1-8-25-41,42-26-9-2-10-27-42)43-28-11-3-12-29-43)54(44-30-13-4-14-31-44,45-32-15-5-16-33-45)46-34-17-6-18-35-46/h1-38,50H,39H2/q+2. The highest BCUT2D eigenvalue weighted by Crippen LogP contribution is 2.88. The van der Waals surface area contributed by atoms with E-state index < -0.39 is 24.8 Å². The van der Waals surface area contributed by atoms with Crippen LogP contribution in [0.15, 0.2) is 231 Å². The minimum Gasteiger partial charge on any atom is -0.109 e. The molecule has 8 aromatic rings. The van der Waals surface area contributed by atoms with Crippen LogP contribution in [-0.4, -0.2) is 4.90 Å². The Labute approximate surface area is 325 Å². The lowest BCUT2D eigenvalue weighted by Gasteiger charge is -2.52. The van der Waals surface area contributed by atoms with Gasteiger partial charge in [0.1, 0.15) is 37.2 Å². The van der Waals surface area contributed by atoms with Crippen LogP contribution in [0.3, 0.4) is 0 Å². The Morgan fingerprint density at radius 3 is 0.963 bits per heavy atom. The molecule has 1 aliphatic carbocycles. The van der Waals surface area contributed by atoms with Gasteiger partial charge in [0.25, 0.3) is 0 Å². The van der Waals surface area contributed by atoms with Gasteiger partial charge in [0.2, 0.25) is 4.90 Å². The van der Waals surface area contributed by atoms with Crippen LogP contribution in [0.2, 0.25) is 0 Å². The van der Waals surface area contributed by atoms with Crippen molar-refractivity contribution in [3.8, 4) is 11.1 Å². The number of fused-ring (bicyclic) bond motifs is 3. The van der Waals surface area contributed by atoms with Crippen molar-refractivity contribution in [3.63, 3.8) is 0 Å². The van der Waals surface area contributed by atoms with Gasteiger partial charge in [-0.05, 0) is 95.1 Å². The molecule has 0 heterocycles. The number of halogens is 1. The summed E-state index contributed by atoms with van der Waals surface area (Å²) in [6.45, 7) is 0. The molecule has 0 aliphatic heterocycles. The normalized spacial score (nSPS) is 15.0. The SMILES string of the molecule is ClC1c2ccccc2-c2ccccc2CC1([P+](c1ccccc1)(c1ccccc1)c1ccccc1)[P+](c1ccccc1)(c1ccccc1)c1ccccc1. The molecule has 0 aromatic heterocycles. The number of benzene rings is 8. The monoisotopic (exact) mass is 750 g/mol. The summed E-state index contributed by atoms with van der Waals surface area (Å²) in [7, 11) is -5.71. The molecule has 0 bridgehead atoms. The predicted octanol–water partition coefficient (Wildman–Crippen LogP) is 10.9. The van der Waals surface area contributed by atoms with Crippen LogP contribution in [0.4, 0.5) is 0 Å². The maximum atomic E-state index is 8.89. The Morgan fingerprint density at radius 2 is 0.611 bits per heavy atom. The maximum Gasteiger partial charge on any atom is 0.230 e. The molecule has 0 amide bonds. The first-order valence-electron chi connectivity index (χ1n) is 18.7. The van der Waals surface area contributed by atoms with Gasteiger partial charge in [-0.15, -0.1) is 11.6 Å². The largest absolute Gasteiger partial charge is 0.230 e. The van der Waals surface area contributed by atoms with E-state index in [2.05, 4.69) is 231 Å². The van der Waals surface area contributed by atoms with Crippen molar-refractivity contribution in [3.05, 3.63) is 242 Å². The molecule has 0 fully saturated rings. The van der Waals surface area contributed by atoms with E-state index in [1.54, 1.807) is 0 Å². The van der Waals surface area contributed by atoms with E-state index >= 15 is 0 Å². The first-order chi connectivity index (χ1) is 26.7. The maximum absolute atomic E-state index is 8.89. The second-order valence-corrected chi connectivity index (χ2v) is 22.2. The quantitative estimate of drug-likeness (QED) is 0.107. The third-order valence-electron chi connectivity index (χ3n) is 11.4. The molecule has 0 radical (unpaired) electrons.